The molecule has 2 aliphatic heterocycles. The van der Waals surface area contributed by atoms with E-state index < -0.39 is 11.9 Å². The van der Waals surface area contributed by atoms with E-state index >= 15 is 0 Å². The Kier molecular flexibility index (Phi) is 5.09. The minimum absolute atomic E-state index is 0.0968. The zero-order chi connectivity index (χ0) is 20.5. The van der Waals surface area contributed by atoms with Crippen LogP contribution in [0.25, 0.3) is 0 Å². The van der Waals surface area contributed by atoms with Crippen LogP contribution >= 0.6 is 0 Å². The van der Waals surface area contributed by atoms with Crippen LogP contribution in [-0.4, -0.2) is 37.5 Å². The van der Waals surface area contributed by atoms with Gasteiger partial charge in [-0.3, -0.25) is 14.4 Å². The predicted octanol–water partition coefficient (Wildman–Crippen LogP) is 2.79. The van der Waals surface area contributed by atoms with Gasteiger partial charge < -0.3 is 14.5 Å². The standard InChI is InChI=1S/C23H24N2O4/c1-15-6-5-9-19(16(15)2)25-13-18(12-21(25)26)23(28)29-14-22(27)24-11-10-17-7-3-4-8-20(17)24/h3-9,18H,10-14H2,1-2H3/t18-/m1/s1. The lowest BCUT2D eigenvalue weighted by atomic mass is 10.1. The molecule has 2 amide bonds. The zero-order valence-electron chi connectivity index (χ0n) is 16.7. The topological polar surface area (TPSA) is 66.9 Å². The number of rotatable bonds is 4. The molecule has 1 saturated heterocycles. The van der Waals surface area contributed by atoms with Crippen molar-refractivity contribution in [1.29, 1.82) is 0 Å². The second kappa shape index (κ2) is 7.70. The molecule has 0 N–H and O–H groups in total. The Bertz CT molecular complexity index is 985. The molecule has 2 aliphatic rings. The van der Waals surface area contributed by atoms with Gasteiger partial charge in [0.05, 0.1) is 5.92 Å². The Morgan fingerprint density at radius 2 is 1.83 bits per heavy atom. The van der Waals surface area contributed by atoms with Crippen LogP contribution in [0.4, 0.5) is 11.4 Å². The highest BCUT2D eigenvalue weighted by atomic mass is 16.5. The molecule has 6 heteroatoms. The number of anilines is 2. The monoisotopic (exact) mass is 392 g/mol. The van der Waals surface area contributed by atoms with E-state index in [2.05, 4.69) is 0 Å². The van der Waals surface area contributed by atoms with E-state index in [-0.39, 0.29) is 31.4 Å². The molecular formula is C23H24N2O4. The van der Waals surface area contributed by atoms with Gasteiger partial charge in [0.1, 0.15) is 0 Å². The SMILES string of the molecule is Cc1cccc(N2C[C@H](C(=O)OCC(=O)N3CCc4ccccc43)CC2=O)c1C. The first kappa shape index (κ1) is 19.2. The number of carbonyl (C=O) groups is 3. The smallest absolute Gasteiger partial charge is 0.311 e. The summed E-state index contributed by atoms with van der Waals surface area (Å²) >= 11 is 0. The molecule has 2 aromatic carbocycles. The maximum absolute atomic E-state index is 12.5. The summed E-state index contributed by atoms with van der Waals surface area (Å²) in [4.78, 5) is 40.8. The summed E-state index contributed by atoms with van der Waals surface area (Å²) in [6.45, 7) is 4.53. The molecule has 0 spiro atoms. The van der Waals surface area contributed by atoms with Crippen LogP contribution in [0.3, 0.4) is 0 Å². The number of hydrogen-bond acceptors (Lipinski definition) is 4. The molecule has 0 aliphatic carbocycles. The highest BCUT2D eigenvalue weighted by molar-refractivity contribution is 6.01. The summed E-state index contributed by atoms with van der Waals surface area (Å²) in [5.41, 5.74) is 4.95. The van der Waals surface area contributed by atoms with Crippen molar-refractivity contribution in [2.45, 2.75) is 26.7 Å². The average molecular weight is 392 g/mol. The summed E-state index contributed by atoms with van der Waals surface area (Å²) in [6.07, 6.45) is 0.907. The third-order valence-corrected chi connectivity index (χ3v) is 5.85. The second-order valence-corrected chi connectivity index (χ2v) is 7.66. The van der Waals surface area contributed by atoms with Gasteiger partial charge in [-0.15, -0.1) is 0 Å². The molecule has 0 saturated carbocycles. The Morgan fingerprint density at radius 1 is 1.07 bits per heavy atom. The quantitative estimate of drug-likeness (QED) is 0.751. The number of ether oxygens (including phenoxy) is 1. The predicted molar refractivity (Wildman–Crippen MR) is 110 cm³/mol. The van der Waals surface area contributed by atoms with E-state index in [1.807, 2.05) is 56.3 Å². The first-order valence-corrected chi connectivity index (χ1v) is 9.87. The maximum atomic E-state index is 12.5. The van der Waals surface area contributed by atoms with Gasteiger partial charge in [-0.25, -0.2) is 0 Å². The van der Waals surface area contributed by atoms with E-state index in [9.17, 15) is 14.4 Å². The third kappa shape index (κ3) is 3.62. The summed E-state index contributed by atoms with van der Waals surface area (Å²) in [6, 6.07) is 13.5. The first-order valence-electron chi connectivity index (χ1n) is 9.87. The van der Waals surface area contributed by atoms with Crippen LogP contribution in [-0.2, 0) is 25.5 Å². The van der Waals surface area contributed by atoms with Crippen molar-refractivity contribution in [3.8, 4) is 0 Å². The van der Waals surface area contributed by atoms with Crippen molar-refractivity contribution in [3.05, 3.63) is 59.2 Å². The molecule has 2 heterocycles. The lowest BCUT2D eigenvalue weighted by Gasteiger charge is -2.20. The second-order valence-electron chi connectivity index (χ2n) is 7.66. The van der Waals surface area contributed by atoms with Crippen molar-refractivity contribution < 1.29 is 19.1 Å². The van der Waals surface area contributed by atoms with Gasteiger partial charge in [-0.1, -0.05) is 30.3 Å². The van der Waals surface area contributed by atoms with E-state index in [1.54, 1.807) is 9.80 Å². The molecule has 0 aromatic heterocycles. The lowest BCUT2D eigenvalue weighted by Crippen LogP contribution is -2.34. The molecule has 0 radical (unpaired) electrons. The van der Waals surface area contributed by atoms with Gasteiger partial charge in [0.2, 0.25) is 5.91 Å². The molecule has 1 atom stereocenters. The van der Waals surface area contributed by atoms with Crippen molar-refractivity contribution in [1.82, 2.24) is 0 Å². The number of fused-ring (bicyclic) bond motifs is 1. The first-order chi connectivity index (χ1) is 14.0. The molecule has 4 rings (SSSR count). The minimum atomic E-state index is -0.555. The zero-order valence-corrected chi connectivity index (χ0v) is 16.7. The van der Waals surface area contributed by atoms with Crippen molar-refractivity contribution in [2.24, 2.45) is 5.92 Å². The van der Waals surface area contributed by atoms with Gasteiger partial charge in [-0.2, -0.15) is 0 Å². The summed E-state index contributed by atoms with van der Waals surface area (Å²) in [5, 5.41) is 0. The van der Waals surface area contributed by atoms with Gasteiger partial charge in [-0.05, 0) is 49.1 Å². The van der Waals surface area contributed by atoms with Crippen molar-refractivity contribution in [3.63, 3.8) is 0 Å². The number of carbonyl (C=O) groups excluding carboxylic acids is 3. The van der Waals surface area contributed by atoms with E-state index in [0.717, 1.165) is 34.5 Å². The third-order valence-electron chi connectivity index (χ3n) is 5.85. The Hall–Kier alpha value is -3.15. The summed E-state index contributed by atoms with van der Waals surface area (Å²) < 4.78 is 5.29. The molecule has 0 bridgehead atoms. The average Bonchev–Trinajstić information content (AvgIpc) is 3.32. The normalized spacial score (nSPS) is 18.1. The Morgan fingerprint density at radius 3 is 2.66 bits per heavy atom. The number of para-hydroxylation sites is 1. The van der Waals surface area contributed by atoms with Crippen LogP contribution in [0, 0.1) is 19.8 Å². The van der Waals surface area contributed by atoms with E-state index in [1.165, 1.54) is 0 Å². The van der Waals surface area contributed by atoms with Crippen LogP contribution < -0.4 is 9.80 Å². The van der Waals surface area contributed by atoms with Gasteiger partial charge in [0.25, 0.3) is 5.91 Å². The molecule has 2 aromatic rings. The van der Waals surface area contributed by atoms with E-state index in [0.29, 0.717) is 6.54 Å². The Labute approximate surface area is 170 Å². The van der Waals surface area contributed by atoms with E-state index in [4.69, 9.17) is 4.74 Å². The largest absolute Gasteiger partial charge is 0.455 e. The number of aryl methyl sites for hydroxylation is 1. The molecule has 6 nitrogen and oxygen atoms in total. The number of nitrogens with zero attached hydrogens (tertiary/aromatic N) is 2. The van der Waals surface area contributed by atoms with Crippen molar-refractivity contribution in [2.75, 3.05) is 29.5 Å². The Balaban J connectivity index is 1.37. The molecular weight excluding hydrogens is 368 g/mol. The molecule has 29 heavy (non-hydrogen) atoms. The van der Waals surface area contributed by atoms with Crippen molar-refractivity contribution >= 4 is 29.2 Å². The highest BCUT2D eigenvalue weighted by Crippen LogP contribution is 2.30. The fraction of sp³-hybridized carbons (Fsp3) is 0.348. The van der Waals surface area contributed by atoms with Gasteiger partial charge in [0.15, 0.2) is 6.61 Å². The number of esters is 1. The fourth-order valence-electron chi connectivity index (χ4n) is 4.05. The van der Waals surface area contributed by atoms with Crippen LogP contribution in [0.2, 0.25) is 0 Å². The van der Waals surface area contributed by atoms with Crippen LogP contribution in [0.15, 0.2) is 42.5 Å². The molecule has 150 valence electrons. The van der Waals surface area contributed by atoms with Crippen LogP contribution in [0.1, 0.15) is 23.1 Å². The highest BCUT2D eigenvalue weighted by Gasteiger charge is 2.37. The minimum Gasteiger partial charge on any atom is -0.455 e. The number of benzene rings is 2. The number of amides is 2. The lowest BCUT2D eigenvalue weighted by molar-refractivity contribution is -0.151. The molecule has 0 unspecified atom stereocenters. The molecule has 1 fully saturated rings. The number of hydrogen-bond donors (Lipinski definition) is 0. The van der Waals surface area contributed by atoms with Gasteiger partial charge in [0, 0.05) is 30.9 Å². The maximum Gasteiger partial charge on any atom is 0.311 e. The van der Waals surface area contributed by atoms with Crippen LogP contribution in [0.5, 0.6) is 0 Å². The fourth-order valence-corrected chi connectivity index (χ4v) is 4.05. The summed E-state index contributed by atoms with van der Waals surface area (Å²) in [7, 11) is 0. The summed E-state index contributed by atoms with van der Waals surface area (Å²) in [5.74, 6) is -1.38. The van der Waals surface area contributed by atoms with Gasteiger partial charge >= 0.3 is 5.97 Å².